The molecule has 0 bridgehead atoms. The van der Waals surface area contributed by atoms with Crippen molar-refractivity contribution in [3.05, 3.63) is 12.2 Å². The highest BCUT2D eigenvalue weighted by atomic mass is 32.2. The minimum Gasteiger partial charge on any atom is -0.743 e. The zero-order chi connectivity index (χ0) is 28.8. The van der Waals surface area contributed by atoms with Crippen molar-refractivity contribution in [2.45, 2.75) is 68.3 Å². The maximum Gasteiger partial charge on any atom is 0.466 e. The fourth-order valence-corrected chi connectivity index (χ4v) is 2.67. The number of hydrogen-bond acceptors (Lipinski definition) is 7. The Balaban J connectivity index is 5.78. The van der Waals surface area contributed by atoms with Gasteiger partial charge in [-0.1, -0.05) is 19.9 Å². The Morgan fingerprint density at radius 1 is 0.944 bits per heavy atom. The van der Waals surface area contributed by atoms with Crippen molar-refractivity contribution in [1.82, 2.24) is 5.32 Å². The van der Waals surface area contributed by atoms with Crippen LogP contribution in [0.25, 0.3) is 0 Å². The van der Waals surface area contributed by atoms with Crippen LogP contribution in [-0.4, -0.2) is 67.3 Å². The highest BCUT2D eigenvalue weighted by Crippen LogP contribution is 2.42. The van der Waals surface area contributed by atoms with Crippen LogP contribution in [0.4, 0.5) is 43.9 Å². The molecule has 0 fully saturated rings. The van der Waals surface area contributed by atoms with Crippen molar-refractivity contribution in [2.24, 2.45) is 0 Å². The van der Waals surface area contributed by atoms with Gasteiger partial charge in [-0.25, -0.2) is 13.2 Å². The van der Waals surface area contributed by atoms with Gasteiger partial charge >= 0.3 is 41.2 Å². The van der Waals surface area contributed by atoms with E-state index in [2.05, 4.69) is 16.1 Å². The lowest BCUT2D eigenvalue weighted by Gasteiger charge is -2.33. The van der Waals surface area contributed by atoms with Gasteiger partial charge in [0.2, 0.25) is 0 Å². The number of amides is 1. The Labute approximate surface area is 197 Å². The molecule has 0 heterocycles. The van der Waals surface area contributed by atoms with Gasteiger partial charge in [0.05, 0.1) is 6.61 Å². The second kappa shape index (κ2) is 11.9. The molecule has 36 heavy (non-hydrogen) atoms. The van der Waals surface area contributed by atoms with Gasteiger partial charge in [-0.05, 0) is 19.3 Å². The second-order valence-electron chi connectivity index (χ2n) is 7.07. The van der Waals surface area contributed by atoms with E-state index < -0.39 is 89.3 Å². The Kier molecular flexibility index (Phi) is 11.2. The number of hydrogen-bond donors (Lipinski definition) is 1. The molecule has 19 heteroatoms. The molecule has 1 amide bonds. The van der Waals surface area contributed by atoms with Gasteiger partial charge < -0.3 is 19.3 Å². The standard InChI is InChI=1S/C17H21F10NO7S/c1-3-4-8-28-12(30)14(16(23,24)25,35-11(29)10(2)15(20,21)22)34-9-6-5-7-13(18,19)17(26,27)36(31,32)33/h2-9H2,1H3,(H,28,30)(H,31,32,33)/p-1. The van der Waals surface area contributed by atoms with Crippen molar-refractivity contribution in [3.8, 4) is 0 Å². The van der Waals surface area contributed by atoms with Gasteiger partial charge in [-0.2, -0.15) is 43.9 Å². The average Bonchev–Trinajstić information content (AvgIpc) is 2.69. The third-order valence-electron chi connectivity index (χ3n) is 4.24. The summed E-state index contributed by atoms with van der Waals surface area (Å²) in [5.41, 5.74) is -2.46. The molecule has 0 rings (SSSR count). The third-order valence-corrected chi connectivity index (χ3v) is 5.17. The van der Waals surface area contributed by atoms with Crippen molar-refractivity contribution >= 4 is 22.0 Å². The number of unbranched alkanes of at least 4 members (excludes halogenated alkanes) is 2. The minimum atomic E-state index is -6.83. The Morgan fingerprint density at radius 2 is 1.47 bits per heavy atom. The molecule has 0 aromatic rings. The van der Waals surface area contributed by atoms with Crippen LogP contribution in [0.5, 0.6) is 0 Å². The van der Waals surface area contributed by atoms with Crippen molar-refractivity contribution in [3.63, 3.8) is 0 Å². The van der Waals surface area contributed by atoms with Crippen molar-refractivity contribution < 1.29 is 75.9 Å². The summed E-state index contributed by atoms with van der Waals surface area (Å²) in [5.74, 6) is -15.2. The molecular formula is C17H20F10NO7S-. The van der Waals surface area contributed by atoms with Crippen LogP contribution in [0.1, 0.15) is 39.0 Å². The SMILES string of the molecule is C=C(C(=O)OC(OCCCCC(F)(F)C(F)(F)S(=O)(=O)[O-])(C(=O)NCCCC)C(F)(F)F)C(F)(F)F. The molecule has 1 unspecified atom stereocenters. The van der Waals surface area contributed by atoms with Crippen molar-refractivity contribution in [2.75, 3.05) is 13.2 Å². The number of carbonyl (C=O) groups is 2. The lowest BCUT2D eigenvalue weighted by atomic mass is 10.1. The molecule has 0 aromatic heterocycles. The largest absolute Gasteiger partial charge is 0.743 e. The molecular weight excluding hydrogens is 552 g/mol. The summed E-state index contributed by atoms with van der Waals surface area (Å²) < 4.78 is 171. The Bertz CT molecular complexity index is 902. The predicted molar refractivity (Wildman–Crippen MR) is 97.4 cm³/mol. The molecule has 8 nitrogen and oxygen atoms in total. The van der Waals surface area contributed by atoms with E-state index in [4.69, 9.17) is 0 Å². The zero-order valence-electron chi connectivity index (χ0n) is 18.2. The average molecular weight is 572 g/mol. The van der Waals surface area contributed by atoms with Gasteiger partial charge in [0.1, 0.15) is 5.57 Å². The highest BCUT2D eigenvalue weighted by molar-refractivity contribution is 7.86. The second-order valence-corrected chi connectivity index (χ2v) is 8.49. The molecule has 212 valence electrons. The number of ether oxygens (including phenoxy) is 2. The molecule has 0 aliphatic heterocycles. The topological polar surface area (TPSA) is 122 Å². The molecule has 0 saturated carbocycles. The van der Waals surface area contributed by atoms with Crippen molar-refractivity contribution in [1.29, 1.82) is 0 Å². The smallest absolute Gasteiger partial charge is 0.466 e. The van der Waals surface area contributed by atoms with Crippen LogP contribution in [-0.2, 0) is 29.2 Å². The summed E-state index contributed by atoms with van der Waals surface area (Å²) in [7, 11) is -6.83. The number of alkyl halides is 10. The molecule has 1 N–H and O–H groups in total. The number of rotatable bonds is 14. The van der Waals surface area contributed by atoms with Gasteiger partial charge in [0.25, 0.3) is 0 Å². The first kappa shape index (κ1) is 33.8. The summed E-state index contributed by atoms with van der Waals surface area (Å²) in [5, 5.41) is -4.44. The monoisotopic (exact) mass is 572 g/mol. The number of esters is 1. The Morgan fingerprint density at radius 3 is 1.89 bits per heavy atom. The van der Waals surface area contributed by atoms with Gasteiger partial charge in [-0.15, -0.1) is 0 Å². The third kappa shape index (κ3) is 8.19. The molecule has 0 spiro atoms. The van der Waals surface area contributed by atoms with Crippen LogP contribution in [0.15, 0.2) is 12.2 Å². The van der Waals surface area contributed by atoms with E-state index in [-0.39, 0.29) is 6.42 Å². The van der Waals surface area contributed by atoms with E-state index in [0.29, 0.717) is 6.42 Å². The van der Waals surface area contributed by atoms with Crippen LogP contribution < -0.4 is 5.32 Å². The van der Waals surface area contributed by atoms with Crippen LogP contribution in [0, 0.1) is 0 Å². The Hall–Kier alpha value is -2.15. The highest BCUT2D eigenvalue weighted by Gasteiger charge is 2.67. The van der Waals surface area contributed by atoms with Crippen LogP contribution in [0.2, 0.25) is 0 Å². The predicted octanol–water partition coefficient (Wildman–Crippen LogP) is 3.78. The summed E-state index contributed by atoms with van der Waals surface area (Å²) in [6.07, 6.45) is -15.6. The zero-order valence-corrected chi connectivity index (χ0v) is 19.0. The van der Waals surface area contributed by atoms with E-state index in [9.17, 15) is 66.5 Å². The van der Waals surface area contributed by atoms with E-state index >= 15 is 0 Å². The first-order valence-electron chi connectivity index (χ1n) is 9.67. The van der Waals surface area contributed by atoms with Crippen LogP contribution >= 0.6 is 0 Å². The fraction of sp³-hybridized carbons (Fsp3) is 0.765. The summed E-state index contributed by atoms with van der Waals surface area (Å²) in [6.45, 7) is 1.79. The summed E-state index contributed by atoms with van der Waals surface area (Å²) in [4.78, 5) is 23.8. The number of halogens is 10. The maximum absolute atomic E-state index is 13.7. The molecule has 0 aliphatic rings. The quantitative estimate of drug-likeness (QED) is 0.0840. The molecule has 0 saturated heterocycles. The van der Waals surface area contributed by atoms with Crippen LogP contribution in [0.3, 0.4) is 0 Å². The van der Waals surface area contributed by atoms with Gasteiger partial charge in [-0.3, -0.25) is 4.79 Å². The van der Waals surface area contributed by atoms with E-state index in [1.165, 1.54) is 0 Å². The summed E-state index contributed by atoms with van der Waals surface area (Å²) in [6, 6.07) is 0. The summed E-state index contributed by atoms with van der Waals surface area (Å²) >= 11 is 0. The van der Waals surface area contributed by atoms with E-state index in [1.807, 2.05) is 0 Å². The number of nitrogens with one attached hydrogen (secondary N) is 1. The fourth-order valence-electron chi connectivity index (χ4n) is 2.21. The first-order chi connectivity index (χ1) is 16.0. The molecule has 0 radical (unpaired) electrons. The molecule has 1 atom stereocenters. The van der Waals surface area contributed by atoms with E-state index in [0.717, 1.165) is 0 Å². The normalized spacial score (nSPS) is 15.2. The number of carbonyl (C=O) groups excluding carboxylic acids is 2. The van der Waals surface area contributed by atoms with E-state index in [1.54, 1.807) is 12.2 Å². The molecule has 0 aliphatic carbocycles. The first-order valence-corrected chi connectivity index (χ1v) is 11.1. The van der Waals surface area contributed by atoms with Gasteiger partial charge in [0, 0.05) is 13.0 Å². The lowest BCUT2D eigenvalue weighted by molar-refractivity contribution is -0.347. The maximum atomic E-state index is 13.7. The minimum absolute atomic E-state index is 0.0643. The lowest BCUT2D eigenvalue weighted by Crippen LogP contribution is -2.62. The molecule has 0 aromatic carbocycles. The van der Waals surface area contributed by atoms with Gasteiger partial charge in [0.15, 0.2) is 10.1 Å².